The Morgan fingerprint density at radius 2 is 1.50 bits per heavy atom. The number of phenols is 2. The van der Waals surface area contributed by atoms with Crippen molar-refractivity contribution in [3.8, 4) is 23.0 Å². The lowest BCUT2D eigenvalue weighted by atomic mass is 9.99. The van der Waals surface area contributed by atoms with E-state index in [4.69, 9.17) is 9.47 Å². The molecule has 0 saturated carbocycles. The van der Waals surface area contributed by atoms with E-state index >= 15 is 0 Å². The van der Waals surface area contributed by atoms with Crippen LogP contribution in [0.4, 0.5) is 13.2 Å². The maximum Gasteiger partial charge on any atom is 0.389 e. The van der Waals surface area contributed by atoms with E-state index in [0.29, 0.717) is 0 Å². The highest BCUT2D eigenvalue weighted by atomic mass is 19.4. The molecular weight excluding hydrogens is 277 g/mol. The SMILES string of the molecule is COc1c(O)c(C)c(CCCC(F)(F)F)c(O)c1OC. The molecule has 0 amide bonds. The second-order valence-corrected chi connectivity index (χ2v) is 4.34. The summed E-state index contributed by atoms with van der Waals surface area (Å²) in [5.74, 6) is -0.675. The number of methoxy groups -OCH3 is 2. The summed E-state index contributed by atoms with van der Waals surface area (Å²) in [6.45, 7) is 1.50. The van der Waals surface area contributed by atoms with Crippen LogP contribution in [0.1, 0.15) is 24.0 Å². The summed E-state index contributed by atoms with van der Waals surface area (Å²) in [4.78, 5) is 0. The van der Waals surface area contributed by atoms with E-state index in [0.717, 1.165) is 0 Å². The fraction of sp³-hybridized carbons (Fsp3) is 0.538. The molecule has 0 atom stereocenters. The van der Waals surface area contributed by atoms with Crippen molar-refractivity contribution in [1.82, 2.24) is 0 Å². The maximum absolute atomic E-state index is 12.1. The van der Waals surface area contributed by atoms with E-state index in [2.05, 4.69) is 0 Å². The van der Waals surface area contributed by atoms with Crippen LogP contribution in [0.15, 0.2) is 0 Å². The number of aromatic hydroxyl groups is 2. The summed E-state index contributed by atoms with van der Waals surface area (Å²) in [5.41, 5.74) is 0.506. The van der Waals surface area contributed by atoms with Crippen LogP contribution in [-0.2, 0) is 6.42 Å². The summed E-state index contributed by atoms with van der Waals surface area (Å²) in [7, 11) is 2.56. The van der Waals surface area contributed by atoms with Gasteiger partial charge < -0.3 is 19.7 Å². The molecule has 1 aromatic rings. The van der Waals surface area contributed by atoms with Gasteiger partial charge in [-0.05, 0) is 19.8 Å². The first-order chi connectivity index (χ1) is 9.22. The number of alkyl halides is 3. The third kappa shape index (κ3) is 3.40. The van der Waals surface area contributed by atoms with Crippen LogP contribution in [0.5, 0.6) is 23.0 Å². The summed E-state index contributed by atoms with van der Waals surface area (Å²) in [5, 5.41) is 20.0. The number of rotatable bonds is 5. The molecule has 0 radical (unpaired) electrons. The van der Waals surface area contributed by atoms with E-state index in [1.807, 2.05) is 0 Å². The summed E-state index contributed by atoms with van der Waals surface area (Å²) in [6.07, 6.45) is -5.42. The van der Waals surface area contributed by atoms with Crippen molar-refractivity contribution >= 4 is 0 Å². The van der Waals surface area contributed by atoms with Crippen LogP contribution in [0.3, 0.4) is 0 Å². The van der Waals surface area contributed by atoms with Gasteiger partial charge in [-0.3, -0.25) is 0 Å². The first-order valence-electron chi connectivity index (χ1n) is 5.95. The van der Waals surface area contributed by atoms with Crippen LogP contribution >= 0.6 is 0 Å². The smallest absolute Gasteiger partial charge is 0.389 e. The Morgan fingerprint density at radius 1 is 1.00 bits per heavy atom. The largest absolute Gasteiger partial charge is 0.504 e. The molecule has 4 nitrogen and oxygen atoms in total. The molecule has 0 fully saturated rings. The summed E-state index contributed by atoms with van der Waals surface area (Å²) >= 11 is 0. The number of ether oxygens (including phenoxy) is 2. The number of hydrogen-bond acceptors (Lipinski definition) is 4. The van der Waals surface area contributed by atoms with E-state index in [1.165, 1.54) is 21.1 Å². The zero-order valence-corrected chi connectivity index (χ0v) is 11.5. The molecule has 0 heterocycles. The molecule has 0 spiro atoms. The van der Waals surface area contributed by atoms with Gasteiger partial charge in [-0.15, -0.1) is 0 Å². The highest BCUT2D eigenvalue weighted by Gasteiger charge is 2.28. The third-order valence-electron chi connectivity index (χ3n) is 3.03. The molecule has 20 heavy (non-hydrogen) atoms. The second-order valence-electron chi connectivity index (χ2n) is 4.34. The Kier molecular flexibility index (Phi) is 4.97. The highest BCUT2D eigenvalue weighted by molar-refractivity contribution is 5.65. The van der Waals surface area contributed by atoms with E-state index < -0.39 is 12.6 Å². The normalized spacial score (nSPS) is 11.5. The van der Waals surface area contributed by atoms with Crippen molar-refractivity contribution < 1.29 is 32.9 Å². The monoisotopic (exact) mass is 294 g/mol. The van der Waals surface area contributed by atoms with Crippen LogP contribution in [0, 0.1) is 6.92 Å². The molecule has 1 rings (SSSR count). The van der Waals surface area contributed by atoms with Gasteiger partial charge in [0.2, 0.25) is 11.5 Å². The zero-order chi connectivity index (χ0) is 15.5. The van der Waals surface area contributed by atoms with Gasteiger partial charge in [0, 0.05) is 17.5 Å². The summed E-state index contributed by atoms with van der Waals surface area (Å²) in [6, 6.07) is 0. The zero-order valence-electron chi connectivity index (χ0n) is 11.5. The number of phenolic OH excluding ortho intramolecular Hbond substituents is 2. The predicted molar refractivity (Wildman–Crippen MR) is 66.6 cm³/mol. The van der Waals surface area contributed by atoms with Gasteiger partial charge in [0.15, 0.2) is 11.5 Å². The minimum Gasteiger partial charge on any atom is -0.504 e. The maximum atomic E-state index is 12.1. The van der Waals surface area contributed by atoms with E-state index in [1.54, 1.807) is 0 Å². The lowest BCUT2D eigenvalue weighted by molar-refractivity contribution is -0.135. The van der Waals surface area contributed by atoms with Gasteiger partial charge in [0.1, 0.15) is 0 Å². The number of halogens is 3. The molecule has 0 aliphatic carbocycles. The highest BCUT2D eigenvalue weighted by Crippen LogP contribution is 2.48. The first kappa shape index (κ1) is 16.3. The Labute approximate surface area is 114 Å². The molecule has 0 aromatic heterocycles. The van der Waals surface area contributed by atoms with Crippen LogP contribution in [0.25, 0.3) is 0 Å². The Balaban J connectivity index is 3.11. The first-order valence-corrected chi connectivity index (χ1v) is 5.95. The summed E-state index contributed by atoms with van der Waals surface area (Å²) < 4.78 is 46.3. The average molecular weight is 294 g/mol. The van der Waals surface area contributed by atoms with E-state index in [9.17, 15) is 23.4 Å². The van der Waals surface area contributed by atoms with Gasteiger partial charge in [-0.2, -0.15) is 13.2 Å². The van der Waals surface area contributed by atoms with Gasteiger partial charge >= 0.3 is 6.18 Å². The molecule has 1 aromatic carbocycles. The van der Waals surface area contributed by atoms with Crippen molar-refractivity contribution in [1.29, 1.82) is 0 Å². The van der Waals surface area contributed by atoms with Crippen LogP contribution < -0.4 is 9.47 Å². The van der Waals surface area contributed by atoms with Crippen molar-refractivity contribution in [3.63, 3.8) is 0 Å². The Hall–Kier alpha value is -1.79. The molecule has 2 N–H and O–H groups in total. The standard InChI is InChI=1S/C13H17F3O4/c1-7-8(5-4-6-13(14,15)16)10(18)12(20-3)11(19-2)9(7)17/h17-18H,4-6H2,1-3H3. The molecule has 7 heteroatoms. The van der Waals surface area contributed by atoms with Gasteiger partial charge in [-0.1, -0.05) is 0 Å². The van der Waals surface area contributed by atoms with Crippen LogP contribution in [-0.4, -0.2) is 30.6 Å². The predicted octanol–water partition coefficient (Wildman–Crippen LogP) is 3.31. The minimum atomic E-state index is -4.25. The fourth-order valence-electron chi connectivity index (χ4n) is 1.99. The van der Waals surface area contributed by atoms with Gasteiger partial charge in [-0.25, -0.2) is 0 Å². The third-order valence-corrected chi connectivity index (χ3v) is 3.03. The molecule has 0 unspecified atom stereocenters. The minimum absolute atomic E-state index is 0.0227. The van der Waals surface area contributed by atoms with Gasteiger partial charge in [0.05, 0.1) is 14.2 Å². The topological polar surface area (TPSA) is 58.9 Å². The quantitative estimate of drug-likeness (QED) is 0.818. The fourth-order valence-corrected chi connectivity index (χ4v) is 1.99. The molecule has 0 bridgehead atoms. The van der Waals surface area contributed by atoms with Crippen molar-refractivity contribution in [3.05, 3.63) is 11.1 Å². The average Bonchev–Trinajstić information content (AvgIpc) is 2.36. The number of benzene rings is 1. The lowest BCUT2D eigenvalue weighted by Crippen LogP contribution is -2.08. The lowest BCUT2D eigenvalue weighted by Gasteiger charge is -2.17. The molecule has 0 aliphatic rings. The molecule has 0 aliphatic heterocycles. The molecule has 0 saturated heterocycles. The van der Waals surface area contributed by atoms with Crippen molar-refractivity contribution in [2.45, 2.75) is 32.4 Å². The van der Waals surface area contributed by atoms with Crippen molar-refractivity contribution in [2.75, 3.05) is 14.2 Å². The van der Waals surface area contributed by atoms with E-state index in [-0.39, 0.29) is 47.0 Å². The molecule has 114 valence electrons. The Morgan fingerprint density at radius 3 is 1.95 bits per heavy atom. The van der Waals surface area contributed by atoms with Crippen molar-refractivity contribution in [2.24, 2.45) is 0 Å². The number of hydrogen-bond donors (Lipinski definition) is 2. The second kappa shape index (κ2) is 6.11. The molecular formula is C13H17F3O4. The Bertz CT molecular complexity index is 484. The van der Waals surface area contributed by atoms with Crippen LogP contribution in [0.2, 0.25) is 0 Å². The van der Waals surface area contributed by atoms with Gasteiger partial charge in [0.25, 0.3) is 0 Å².